The van der Waals surface area contributed by atoms with Gasteiger partial charge >= 0.3 is 0 Å². The minimum absolute atomic E-state index is 0.102. The van der Waals surface area contributed by atoms with E-state index in [1.807, 2.05) is 18.2 Å². The molecule has 10 heteroatoms. The standard InChI is InChI=1S/C17H9F5N4O/c18-12-7(13(19)15(21)16(22)14(12)20)6-27-11-5-10(25-26-11)17-23-8-3-1-2-4-9(8)24-17/h1-5H,6H2,(H,23,24)(H,25,26). The summed E-state index contributed by atoms with van der Waals surface area (Å²) in [6, 6.07) is 8.65. The molecule has 0 radical (unpaired) electrons. The fourth-order valence-corrected chi connectivity index (χ4v) is 2.50. The van der Waals surface area contributed by atoms with Crippen LogP contribution >= 0.6 is 0 Å². The van der Waals surface area contributed by atoms with Crippen molar-refractivity contribution in [2.24, 2.45) is 0 Å². The highest BCUT2D eigenvalue weighted by Gasteiger charge is 2.26. The van der Waals surface area contributed by atoms with Crippen LogP contribution in [0.5, 0.6) is 5.88 Å². The highest BCUT2D eigenvalue weighted by molar-refractivity contribution is 5.78. The lowest BCUT2D eigenvalue weighted by Crippen LogP contribution is -2.09. The molecule has 2 heterocycles. The maximum Gasteiger partial charge on any atom is 0.233 e. The van der Waals surface area contributed by atoms with Crippen molar-refractivity contribution in [3.05, 3.63) is 65.0 Å². The van der Waals surface area contributed by atoms with Crippen molar-refractivity contribution in [2.75, 3.05) is 0 Å². The van der Waals surface area contributed by atoms with Crippen LogP contribution in [0.3, 0.4) is 0 Å². The quantitative estimate of drug-likeness (QED) is 0.316. The highest BCUT2D eigenvalue weighted by atomic mass is 19.2. The first-order valence-corrected chi connectivity index (χ1v) is 7.59. The predicted octanol–water partition coefficient (Wildman–Crippen LogP) is 4.23. The summed E-state index contributed by atoms with van der Waals surface area (Å²) in [7, 11) is 0. The molecule has 0 aliphatic heterocycles. The Morgan fingerprint density at radius 2 is 1.56 bits per heavy atom. The van der Waals surface area contributed by atoms with E-state index in [0.717, 1.165) is 5.52 Å². The summed E-state index contributed by atoms with van der Waals surface area (Å²) in [6.45, 7) is -0.893. The van der Waals surface area contributed by atoms with Gasteiger partial charge in [-0.05, 0) is 12.1 Å². The molecule has 2 aromatic carbocycles. The lowest BCUT2D eigenvalue weighted by Gasteiger charge is -2.08. The van der Waals surface area contributed by atoms with Gasteiger partial charge in [-0.15, -0.1) is 5.10 Å². The number of benzene rings is 2. The monoisotopic (exact) mass is 380 g/mol. The topological polar surface area (TPSA) is 66.6 Å². The molecule has 0 aliphatic carbocycles. The molecule has 0 unspecified atom stereocenters. The SMILES string of the molecule is Fc1c(F)c(F)c(COc2cc(-c3nc4ccccc4[nH]3)[nH]n2)c(F)c1F. The summed E-state index contributed by atoms with van der Waals surface area (Å²) in [6.07, 6.45) is 0. The molecule has 27 heavy (non-hydrogen) atoms. The first kappa shape index (κ1) is 17.0. The number of nitrogens with one attached hydrogen (secondary N) is 2. The van der Waals surface area contributed by atoms with Crippen LogP contribution in [0.2, 0.25) is 0 Å². The van der Waals surface area contributed by atoms with Crippen molar-refractivity contribution < 1.29 is 26.7 Å². The van der Waals surface area contributed by atoms with E-state index in [4.69, 9.17) is 4.74 Å². The number of hydrogen-bond donors (Lipinski definition) is 2. The van der Waals surface area contributed by atoms with E-state index in [-0.39, 0.29) is 5.88 Å². The molecule has 0 saturated heterocycles. The van der Waals surface area contributed by atoms with Gasteiger partial charge in [-0.1, -0.05) is 12.1 Å². The Labute approximate surface area is 147 Å². The van der Waals surface area contributed by atoms with Gasteiger partial charge in [-0.25, -0.2) is 26.9 Å². The molecule has 5 nitrogen and oxygen atoms in total. The zero-order valence-corrected chi connectivity index (χ0v) is 13.3. The molecule has 2 N–H and O–H groups in total. The number of nitrogens with zero attached hydrogens (tertiary/aromatic N) is 2. The molecule has 0 aliphatic rings. The predicted molar refractivity (Wildman–Crippen MR) is 84.2 cm³/mol. The minimum atomic E-state index is -2.22. The van der Waals surface area contributed by atoms with E-state index in [1.54, 1.807) is 6.07 Å². The minimum Gasteiger partial charge on any atom is -0.471 e. The van der Waals surface area contributed by atoms with Gasteiger partial charge in [0.1, 0.15) is 12.3 Å². The summed E-state index contributed by atoms with van der Waals surface area (Å²) >= 11 is 0. The van der Waals surface area contributed by atoms with Gasteiger partial charge in [-0.2, -0.15) is 0 Å². The number of hydrogen-bond acceptors (Lipinski definition) is 3. The zero-order valence-electron chi connectivity index (χ0n) is 13.3. The summed E-state index contributed by atoms with van der Waals surface area (Å²) < 4.78 is 71.8. The van der Waals surface area contributed by atoms with Gasteiger partial charge in [-0.3, -0.25) is 5.10 Å². The number of para-hydroxylation sites is 2. The number of rotatable bonds is 4. The van der Waals surface area contributed by atoms with Gasteiger partial charge in [0.05, 0.1) is 16.6 Å². The van der Waals surface area contributed by atoms with Gasteiger partial charge < -0.3 is 9.72 Å². The Morgan fingerprint density at radius 1 is 0.889 bits per heavy atom. The smallest absolute Gasteiger partial charge is 0.233 e. The summed E-state index contributed by atoms with van der Waals surface area (Å²) in [5.41, 5.74) is 0.829. The van der Waals surface area contributed by atoms with Gasteiger partial charge in [0.15, 0.2) is 29.1 Å². The molecule has 4 aromatic rings. The zero-order chi connectivity index (χ0) is 19.1. The van der Waals surface area contributed by atoms with Gasteiger partial charge in [0.2, 0.25) is 11.7 Å². The summed E-state index contributed by atoms with van der Waals surface area (Å²) in [5, 5.41) is 6.40. The summed E-state index contributed by atoms with van der Waals surface area (Å²) in [5.74, 6) is -9.83. The van der Waals surface area contributed by atoms with E-state index in [9.17, 15) is 22.0 Å². The normalized spacial score (nSPS) is 11.3. The van der Waals surface area contributed by atoms with Crippen LogP contribution in [-0.4, -0.2) is 20.2 Å². The maximum atomic E-state index is 13.6. The number of imidazole rings is 1. The van der Waals surface area contributed by atoms with E-state index < -0.39 is 41.3 Å². The van der Waals surface area contributed by atoms with Crippen molar-refractivity contribution in [3.63, 3.8) is 0 Å². The van der Waals surface area contributed by atoms with Crippen LogP contribution in [0.4, 0.5) is 22.0 Å². The van der Waals surface area contributed by atoms with Crippen molar-refractivity contribution in [1.29, 1.82) is 0 Å². The van der Waals surface area contributed by atoms with E-state index in [0.29, 0.717) is 17.0 Å². The third-order valence-electron chi connectivity index (χ3n) is 3.86. The molecular weight excluding hydrogens is 371 g/mol. The average molecular weight is 380 g/mol. The van der Waals surface area contributed by atoms with Gasteiger partial charge in [0.25, 0.3) is 0 Å². The molecule has 0 spiro atoms. The second-order valence-corrected chi connectivity index (χ2v) is 5.56. The molecule has 0 atom stereocenters. The second-order valence-electron chi connectivity index (χ2n) is 5.56. The fraction of sp³-hybridized carbons (Fsp3) is 0.0588. The molecule has 0 fully saturated rings. The molecule has 4 rings (SSSR count). The lowest BCUT2D eigenvalue weighted by atomic mass is 10.2. The third kappa shape index (κ3) is 2.88. The molecule has 0 bridgehead atoms. The van der Waals surface area contributed by atoms with Crippen molar-refractivity contribution in [3.8, 4) is 17.4 Å². The molecule has 2 aromatic heterocycles. The maximum absolute atomic E-state index is 13.6. The van der Waals surface area contributed by atoms with Crippen LogP contribution in [0, 0.1) is 29.1 Å². The average Bonchev–Trinajstić information content (AvgIpc) is 3.31. The molecule has 0 saturated carbocycles. The van der Waals surface area contributed by atoms with E-state index >= 15 is 0 Å². The van der Waals surface area contributed by atoms with Crippen LogP contribution < -0.4 is 4.74 Å². The van der Waals surface area contributed by atoms with Crippen molar-refractivity contribution >= 4 is 11.0 Å². The summed E-state index contributed by atoms with van der Waals surface area (Å²) in [4.78, 5) is 7.37. The lowest BCUT2D eigenvalue weighted by molar-refractivity contribution is 0.270. The highest BCUT2D eigenvalue weighted by Crippen LogP contribution is 2.25. The largest absolute Gasteiger partial charge is 0.471 e. The van der Waals surface area contributed by atoms with E-state index in [2.05, 4.69) is 20.2 Å². The van der Waals surface area contributed by atoms with Crippen LogP contribution in [0.25, 0.3) is 22.6 Å². The fourth-order valence-electron chi connectivity index (χ4n) is 2.50. The number of fused-ring (bicyclic) bond motifs is 1. The van der Waals surface area contributed by atoms with Crippen molar-refractivity contribution in [1.82, 2.24) is 20.2 Å². The van der Waals surface area contributed by atoms with Gasteiger partial charge in [0, 0.05) is 6.07 Å². The number of aromatic nitrogens is 4. The van der Waals surface area contributed by atoms with Crippen molar-refractivity contribution in [2.45, 2.75) is 6.61 Å². The number of halogens is 5. The Kier molecular flexibility index (Phi) is 4.02. The van der Waals surface area contributed by atoms with Crippen LogP contribution in [0.1, 0.15) is 5.56 Å². The number of aromatic amines is 2. The Hall–Kier alpha value is -3.43. The van der Waals surface area contributed by atoms with E-state index in [1.165, 1.54) is 6.07 Å². The number of ether oxygens (including phenoxy) is 1. The Morgan fingerprint density at radius 3 is 2.26 bits per heavy atom. The molecule has 0 amide bonds. The number of H-pyrrole nitrogens is 2. The molecular formula is C17H9F5N4O. The Balaban J connectivity index is 1.57. The Bertz CT molecular complexity index is 1090. The van der Waals surface area contributed by atoms with Crippen LogP contribution in [0.15, 0.2) is 30.3 Å². The third-order valence-corrected chi connectivity index (χ3v) is 3.86. The van der Waals surface area contributed by atoms with Crippen LogP contribution in [-0.2, 0) is 6.61 Å². The first-order chi connectivity index (χ1) is 13.0. The molecule has 138 valence electrons. The second kappa shape index (κ2) is 6.38. The first-order valence-electron chi connectivity index (χ1n) is 7.59.